The minimum Gasteiger partial charge on any atom is -0.457 e. The maximum absolute atomic E-state index is 5.83. The number of rotatable bonds is 4. The van der Waals surface area contributed by atoms with Crippen LogP contribution in [0.2, 0.25) is 0 Å². The summed E-state index contributed by atoms with van der Waals surface area (Å²) in [5, 5.41) is 3.45. The van der Waals surface area contributed by atoms with Crippen LogP contribution in [-0.4, -0.2) is 12.4 Å². The van der Waals surface area contributed by atoms with E-state index in [0.717, 1.165) is 30.3 Å². The molecule has 1 atom stereocenters. The van der Waals surface area contributed by atoms with E-state index in [1.54, 1.807) is 0 Å². The maximum atomic E-state index is 5.83. The first-order chi connectivity index (χ1) is 11.3. The highest BCUT2D eigenvalue weighted by atomic mass is 16.5. The Labute approximate surface area is 138 Å². The van der Waals surface area contributed by atoms with Crippen molar-refractivity contribution in [3.8, 4) is 11.5 Å². The van der Waals surface area contributed by atoms with Crippen LogP contribution in [0.5, 0.6) is 11.5 Å². The van der Waals surface area contributed by atoms with Gasteiger partial charge in [-0.05, 0) is 49.6 Å². The van der Waals surface area contributed by atoms with Crippen molar-refractivity contribution in [1.82, 2.24) is 5.32 Å². The Kier molecular flexibility index (Phi) is 5.30. The van der Waals surface area contributed by atoms with Crippen molar-refractivity contribution in [3.05, 3.63) is 60.2 Å². The van der Waals surface area contributed by atoms with Gasteiger partial charge in [-0.1, -0.05) is 36.8 Å². The second kappa shape index (κ2) is 7.82. The van der Waals surface area contributed by atoms with Gasteiger partial charge in [0.15, 0.2) is 0 Å². The third kappa shape index (κ3) is 4.59. The fourth-order valence-corrected chi connectivity index (χ4v) is 2.77. The van der Waals surface area contributed by atoms with Crippen LogP contribution in [0, 0.1) is 0 Å². The van der Waals surface area contributed by atoms with E-state index < -0.39 is 0 Å². The standard InChI is InChI=1S/C20H24N2O/c1-16(22-20-10-6-3-7-15-21-20)17-11-13-19(14-12-17)23-18-8-4-2-5-9-18/h2,4-5,8-9,11-14,16H,3,6-7,10,15H2,1H3,(H,21,22). The molecule has 120 valence electrons. The third-order valence-electron chi connectivity index (χ3n) is 4.11. The van der Waals surface area contributed by atoms with E-state index in [4.69, 9.17) is 9.73 Å². The Morgan fingerprint density at radius 1 is 0.913 bits per heavy atom. The number of nitrogens with zero attached hydrogens (tertiary/aromatic N) is 1. The quantitative estimate of drug-likeness (QED) is 0.852. The largest absolute Gasteiger partial charge is 0.457 e. The molecular formula is C20H24N2O. The first kappa shape index (κ1) is 15.6. The van der Waals surface area contributed by atoms with Gasteiger partial charge in [-0.3, -0.25) is 4.99 Å². The summed E-state index contributed by atoms with van der Waals surface area (Å²) < 4.78 is 5.83. The second-order valence-corrected chi connectivity index (χ2v) is 5.97. The molecule has 1 saturated heterocycles. The van der Waals surface area contributed by atoms with E-state index in [9.17, 15) is 0 Å². The number of hydrogen-bond acceptors (Lipinski definition) is 2. The Bertz CT molecular complexity index is 624. The van der Waals surface area contributed by atoms with E-state index >= 15 is 0 Å². The van der Waals surface area contributed by atoms with Crippen LogP contribution in [0.25, 0.3) is 0 Å². The molecule has 0 saturated carbocycles. The van der Waals surface area contributed by atoms with Gasteiger partial charge in [0.2, 0.25) is 0 Å². The first-order valence-electron chi connectivity index (χ1n) is 8.45. The average Bonchev–Trinajstić information content (AvgIpc) is 2.85. The van der Waals surface area contributed by atoms with Crippen molar-refractivity contribution in [2.75, 3.05) is 6.54 Å². The number of para-hydroxylation sites is 1. The molecule has 0 bridgehead atoms. The molecule has 3 rings (SSSR count). The van der Waals surface area contributed by atoms with Gasteiger partial charge in [0.05, 0.1) is 11.9 Å². The van der Waals surface area contributed by atoms with Crippen molar-refractivity contribution in [3.63, 3.8) is 0 Å². The average molecular weight is 308 g/mol. The molecule has 2 aromatic carbocycles. The highest BCUT2D eigenvalue weighted by molar-refractivity contribution is 5.82. The summed E-state index contributed by atoms with van der Waals surface area (Å²) in [6.45, 7) is 3.20. The van der Waals surface area contributed by atoms with Gasteiger partial charge in [-0.25, -0.2) is 0 Å². The van der Waals surface area contributed by atoms with Gasteiger partial charge in [-0.2, -0.15) is 0 Å². The van der Waals surface area contributed by atoms with Crippen LogP contribution in [0.1, 0.15) is 44.2 Å². The zero-order chi connectivity index (χ0) is 15.9. The van der Waals surface area contributed by atoms with Gasteiger partial charge in [-0.15, -0.1) is 0 Å². The van der Waals surface area contributed by atoms with Crippen molar-refractivity contribution in [2.24, 2.45) is 4.99 Å². The number of hydrogen-bond donors (Lipinski definition) is 1. The molecule has 1 aliphatic rings. The monoisotopic (exact) mass is 308 g/mol. The van der Waals surface area contributed by atoms with Crippen molar-refractivity contribution in [2.45, 2.75) is 38.6 Å². The molecule has 0 radical (unpaired) electrons. The molecule has 0 aromatic heterocycles. The van der Waals surface area contributed by atoms with Crippen LogP contribution in [-0.2, 0) is 0 Å². The molecular weight excluding hydrogens is 284 g/mol. The molecule has 23 heavy (non-hydrogen) atoms. The number of benzene rings is 2. The van der Waals surface area contributed by atoms with Crippen molar-refractivity contribution >= 4 is 5.84 Å². The number of nitrogens with one attached hydrogen (secondary N) is 1. The van der Waals surface area contributed by atoms with Gasteiger partial charge >= 0.3 is 0 Å². The summed E-state index contributed by atoms with van der Waals surface area (Å²) in [5.74, 6) is 2.86. The van der Waals surface area contributed by atoms with Crippen LogP contribution in [0.15, 0.2) is 59.6 Å². The Balaban J connectivity index is 1.65. The normalized spacial score (nSPS) is 18.0. The summed E-state index contributed by atoms with van der Waals surface area (Å²) in [7, 11) is 0. The van der Waals surface area contributed by atoms with Gasteiger partial charge in [0.1, 0.15) is 11.5 Å². The van der Waals surface area contributed by atoms with E-state index in [0.29, 0.717) is 0 Å². The van der Waals surface area contributed by atoms with Gasteiger partial charge in [0.25, 0.3) is 0 Å². The fourth-order valence-electron chi connectivity index (χ4n) is 2.77. The van der Waals surface area contributed by atoms with Gasteiger partial charge in [0, 0.05) is 13.0 Å². The molecule has 2 aromatic rings. The lowest BCUT2D eigenvalue weighted by Gasteiger charge is -2.12. The van der Waals surface area contributed by atoms with E-state index in [1.165, 1.54) is 24.8 Å². The SMILES string of the molecule is CC(/N=C1\CCCCCN1)c1ccc(Oc2ccccc2)cc1. The lowest BCUT2D eigenvalue weighted by atomic mass is 10.1. The fraction of sp³-hybridized carbons (Fsp3) is 0.350. The Morgan fingerprint density at radius 2 is 1.65 bits per heavy atom. The minimum absolute atomic E-state index is 0.168. The Hall–Kier alpha value is -2.29. The van der Waals surface area contributed by atoms with E-state index in [2.05, 4.69) is 24.4 Å². The van der Waals surface area contributed by atoms with Gasteiger partial charge < -0.3 is 10.1 Å². The second-order valence-electron chi connectivity index (χ2n) is 5.97. The van der Waals surface area contributed by atoms with E-state index in [1.807, 2.05) is 42.5 Å². The third-order valence-corrected chi connectivity index (χ3v) is 4.11. The number of ether oxygens (including phenoxy) is 1. The molecule has 0 spiro atoms. The lowest BCUT2D eigenvalue weighted by Crippen LogP contribution is -2.22. The highest BCUT2D eigenvalue weighted by Gasteiger charge is 2.09. The summed E-state index contributed by atoms with van der Waals surface area (Å²) in [6, 6.07) is 18.2. The highest BCUT2D eigenvalue weighted by Crippen LogP contribution is 2.24. The summed E-state index contributed by atoms with van der Waals surface area (Å²) in [5.41, 5.74) is 1.21. The van der Waals surface area contributed by atoms with Crippen molar-refractivity contribution < 1.29 is 4.74 Å². The first-order valence-corrected chi connectivity index (χ1v) is 8.45. The Morgan fingerprint density at radius 3 is 2.43 bits per heavy atom. The smallest absolute Gasteiger partial charge is 0.127 e. The molecule has 1 N–H and O–H groups in total. The lowest BCUT2D eigenvalue weighted by molar-refractivity contribution is 0.482. The molecule has 1 aliphatic heterocycles. The molecule has 3 heteroatoms. The van der Waals surface area contributed by atoms with Crippen LogP contribution in [0.4, 0.5) is 0 Å². The molecule has 0 amide bonds. The number of aliphatic imine (C=N–C) groups is 1. The zero-order valence-electron chi connectivity index (χ0n) is 13.7. The van der Waals surface area contributed by atoms with Crippen LogP contribution < -0.4 is 10.1 Å². The maximum Gasteiger partial charge on any atom is 0.127 e. The van der Waals surface area contributed by atoms with Crippen LogP contribution in [0.3, 0.4) is 0 Å². The molecule has 1 unspecified atom stereocenters. The molecule has 1 heterocycles. The predicted molar refractivity (Wildman–Crippen MR) is 95.3 cm³/mol. The molecule has 0 aliphatic carbocycles. The molecule has 1 fully saturated rings. The topological polar surface area (TPSA) is 33.6 Å². The zero-order valence-corrected chi connectivity index (χ0v) is 13.7. The number of amidine groups is 1. The van der Waals surface area contributed by atoms with E-state index in [-0.39, 0.29) is 6.04 Å². The summed E-state index contributed by atoms with van der Waals surface area (Å²) in [4.78, 5) is 4.84. The van der Waals surface area contributed by atoms with Crippen LogP contribution >= 0.6 is 0 Å². The molecule has 3 nitrogen and oxygen atoms in total. The predicted octanol–water partition coefficient (Wildman–Crippen LogP) is 5.10. The summed E-state index contributed by atoms with van der Waals surface area (Å²) >= 11 is 0. The van der Waals surface area contributed by atoms with Crippen molar-refractivity contribution in [1.29, 1.82) is 0 Å². The minimum atomic E-state index is 0.168. The summed E-state index contributed by atoms with van der Waals surface area (Å²) in [6.07, 6.45) is 4.85.